The summed E-state index contributed by atoms with van der Waals surface area (Å²) in [6.45, 7) is 9.90. The topological polar surface area (TPSA) is 29.5 Å². The SMILES string of the molecule is C=C(F)C(O)OCC[Si](C)(C)C. The second-order valence-electron chi connectivity index (χ2n) is 3.98. The van der Waals surface area contributed by atoms with Crippen LogP contribution in [0.2, 0.25) is 25.7 Å². The van der Waals surface area contributed by atoms with Crippen molar-refractivity contribution in [1.29, 1.82) is 0 Å². The van der Waals surface area contributed by atoms with Crippen molar-refractivity contribution < 1.29 is 14.2 Å². The first-order valence-corrected chi connectivity index (χ1v) is 7.67. The summed E-state index contributed by atoms with van der Waals surface area (Å²) in [5, 5.41) is 8.84. The summed E-state index contributed by atoms with van der Waals surface area (Å²) in [5.74, 6) is -0.828. The number of hydrogen-bond acceptors (Lipinski definition) is 2. The lowest BCUT2D eigenvalue weighted by molar-refractivity contribution is -0.0794. The molecule has 0 saturated carbocycles. The molecule has 0 aromatic carbocycles. The zero-order chi connectivity index (χ0) is 9.78. The van der Waals surface area contributed by atoms with Crippen molar-refractivity contribution in [3.63, 3.8) is 0 Å². The van der Waals surface area contributed by atoms with E-state index in [1.54, 1.807) is 0 Å². The van der Waals surface area contributed by atoms with Crippen LogP contribution in [-0.4, -0.2) is 26.1 Å². The first-order chi connectivity index (χ1) is 5.33. The Balaban J connectivity index is 3.51. The molecule has 0 heterocycles. The summed E-state index contributed by atoms with van der Waals surface area (Å²) in [6.07, 6.45) is -1.44. The Labute approximate surface area is 74.1 Å². The molecule has 0 saturated heterocycles. The lowest BCUT2D eigenvalue weighted by Gasteiger charge is -2.16. The molecule has 0 aliphatic rings. The second-order valence-corrected chi connectivity index (χ2v) is 9.60. The van der Waals surface area contributed by atoms with Gasteiger partial charge in [0.15, 0.2) is 0 Å². The molecule has 0 fully saturated rings. The summed E-state index contributed by atoms with van der Waals surface area (Å²) in [5.41, 5.74) is 0. The Morgan fingerprint density at radius 2 is 2.08 bits per heavy atom. The first-order valence-electron chi connectivity index (χ1n) is 3.97. The van der Waals surface area contributed by atoms with Gasteiger partial charge in [-0.15, -0.1) is 0 Å². The Morgan fingerprint density at radius 1 is 1.58 bits per heavy atom. The van der Waals surface area contributed by atoms with Crippen LogP contribution in [0, 0.1) is 0 Å². The van der Waals surface area contributed by atoms with Gasteiger partial charge in [0.2, 0.25) is 6.29 Å². The van der Waals surface area contributed by atoms with Crippen LogP contribution in [0.5, 0.6) is 0 Å². The molecular formula is C8H17FO2Si. The first kappa shape index (κ1) is 11.8. The molecule has 0 rings (SSSR count). The van der Waals surface area contributed by atoms with E-state index in [0.29, 0.717) is 6.61 Å². The Bertz CT molecular complexity index is 154. The van der Waals surface area contributed by atoms with Crippen LogP contribution < -0.4 is 0 Å². The van der Waals surface area contributed by atoms with Gasteiger partial charge in [-0.1, -0.05) is 26.2 Å². The van der Waals surface area contributed by atoms with Gasteiger partial charge in [-0.2, -0.15) is 0 Å². The molecule has 1 atom stereocenters. The van der Waals surface area contributed by atoms with Crippen LogP contribution in [0.25, 0.3) is 0 Å². The maximum absolute atomic E-state index is 12.2. The summed E-state index contributed by atoms with van der Waals surface area (Å²) in [6, 6.07) is 0.914. The second kappa shape index (κ2) is 4.74. The number of halogens is 1. The molecule has 0 aromatic rings. The minimum absolute atomic E-state index is 0.403. The quantitative estimate of drug-likeness (QED) is 0.534. The van der Waals surface area contributed by atoms with E-state index < -0.39 is 20.2 Å². The highest BCUT2D eigenvalue weighted by atomic mass is 28.3. The molecule has 72 valence electrons. The molecule has 12 heavy (non-hydrogen) atoms. The van der Waals surface area contributed by atoms with E-state index in [0.717, 1.165) is 6.04 Å². The molecule has 1 N–H and O–H groups in total. The zero-order valence-corrected chi connectivity index (χ0v) is 8.93. The predicted octanol–water partition coefficient (Wildman–Crippen LogP) is 2.14. The fraction of sp³-hybridized carbons (Fsp3) is 0.750. The minimum atomic E-state index is -1.44. The average Bonchev–Trinajstić information content (AvgIpc) is 1.84. The highest BCUT2D eigenvalue weighted by Crippen LogP contribution is 2.10. The normalized spacial score (nSPS) is 14.4. The monoisotopic (exact) mass is 192 g/mol. The third-order valence-corrected chi connectivity index (χ3v) is 3.10. The molecule has 0 aliphatic heterocycles. The molecule has 0 bridgehead atoms. The molecule has 0 amide bonds. The van der Waals surface area contributed by atoms with E-state index in [2.05, 4.69) is 26.2 Å². The Kier molecular flexibility index (Phi) is 4.66. The van der Waals surface area contributed by atoms with Crippen LogP contribution in [-0.2, 0) is 4.74 Å². The third-order valence-electron chi connectivity index (χ3n) is 1.40. The molecule has 0 aromatic heterocycles. The van der Waals surface area contributed by atoms with Gasteiger partial charge < -0.3 is 9.84 Å². The zero-order valence-electron chi connectivity index (χ0n) is 7.93. The Morgan fingerprint density at radius 3 is 2.42 bits per heavy atom. The molecule has 0 spiro atoms. The van der Waals surface area contributed by atoms with Crippen molar-refractivity contribution in [2.24, 2.45) is 0 Å². The van der Waals surface area contributed by atoms with E-state index in [4.69, 9.17) is 9.84 Å². The van der Waals surface area contributed by atoms with E-state index in [1.807, 2.05) is 0 Å². The van der Waals surface area contributed by atoms with E-state index in [1.165, 1.54) is 0 Å². The van der Waals surface area contributed by atoms with Gasteiger partial charge >= 0.3 is 0 Å². The number of rotatable bonds is 5. The van der Waals surface area contributed by atoms with Gasteiger partial charge in [0, 0.05) is 14.7 Å². The van der Waals surface area contributed by atoms with Gasteiger partial charge in [-0.05, 0) is 6.04 Å². The van der Waals surface area contributed by atoms with Crippen molar-refractivity contribution in [2.75, 3.05) is 6.61 Å². The summed E-state index contributed by atoms with van der Waals surface area (Å²) in [4.78, 5) is 0. The largest absolute Gasteiger partial charge is 0.362 e. The lowest BCUT2D eigenvalue weighted by atomic mass is 10.6. The number of aliphatic hydroxyl groups is 1. The fourth-order valence-electron chi connectivity index (χ4n) is 0.567. The van der Waals surface area contributed by atoms with Crippen LogP contribution in [0.4, 0.5) is 4.39 Å². The minimum Gasteiger partial charge on any atom is -0.362 e. The molecule has 1 unspecified atom stereocenters. The van der Waals surface area contributed by atoms with Gasteiger partial charge in [-0.25, -0.2) is 4.39 Å². The van der Waals surface area contributed by atoms with Crippen LogP contribution in [0.1, 0.15) is 0 Å². The average molecular weight is 192 g/mol. The van der Waals surface area contributed by atoms with Crippen molar-refractivity contribution in [3.05, 3.63) is 12.4 Å². The molecular weight excluding hydrogens is 175 g/mol. The Hall–Kier alpha value is -0.193. The summed E-state index contributed by atoms with van der Waals surface area (Å²) < 4.78 is 17.0. The van der Waals surface area contributed by atoms with Gasteiger partial charge in [-0.3, -0.25) is 0 Å². The number of aliphatic hydroxyl groups excluding tert-OH is 1. The smallest absolute Gasteiger partial charge is 0.207 e. The van der Waals surface area contributed by atoms with Crippen molar-refractivity contribution in [3.8, 4) is 0 Å². The predicted molar refractivity (Wildman–Crippen MR) is 50.4 cm³/mol. The summed E-state index contributed by atoms with van der Waals surface area (Å²) >= 11 is 0. The van der Waals surface area contributed by atoms with Gasteiger partial charge in [0.25, 0.3) is 0 Å². The lowest BCUT2D eigenvalue weighted by Crippen LogP contribution is -2.24. The van der Waals surface area contributed by atoms with Crippen LogP contribution in [0.15, 0.2) is 12.4 Å². The maximum atomic E-state index is 12.2. The summed E-state index contributed by atoms with van der Waals surface area (Å²) in [7, 11) is -1.15. The highest BCUT2D eigenvalue weighted by Gasteiger charge is 2.14. The van der Waals surface area contributed by atoms with Crippen molar-refractivity contribution in [1.82, 2.24) is 0 Å². The number of hydrogen-bond donors (Lipinski definition) is 1. The molecule has 0 aliphatic carbocycles. The molecule has 0 radical (unpaired) electrons. The molecule has 2 nitrogen and oxygen atoms in total. The van der Waals surface area contributed by atoms with Gasteiger partial charge in [0.05, 0.1) is 0 Å². The van der Waals surface area contributed by atoms with Crippen LogP contribution in [0.3, 0.4) is 0 Å². The van der Waals surface area contributed by atoms with Crippen molar-refractivity contribution in [2.45, 2.75) is 32.0 Å². The van der Waals surface area contributed by atoms with E-state index in [9.17, 15) is 4.39 Å². The van der Waals surface area contributed by atoms with E-state index in [-0.39, 0.29) is 0 Å². The number of ether oxygens (including phenoxy) is 1. The molecule has 4 heteroatoms. The fourth-order valence-corrected chi connectivity index (χ4v) is 1.30. The maximum Gasteiger partial charge on any atom is 0.207 e. The van der Waals surface area contributed by atoms with Gasteiger partial charge in [0.1, 0.15) is 5.83 Å². The van der Waals surface area contributed by atoms with Crippen molar-refractivity contribution >= 4 is 8.07 Å². The standard InChI is InChI=1S/C8H17FO2Si/c1-7(9)8(10)11-5-6-12(2,3)4/h8,10H,1,5-6H2,2-4H3. The van der Waals surface area contributed by atoms with E-state index >= 15 is 0 Å². The highest BCUT2D eigenvalue weighted by molar-refractivity contribution is 6.76. The van der Waals surface area contributed by atoms with Crippen LogP contribution >= 0.6 is 0 Å². The third kappa shape index (κ3) is 6.51.